The molecule has 0 unspecified atom stereocenters. The molecule has 0 spiro atoms. The van der Waals surface area contributed by atoms with Gasteiger partial charge in [-0.1, -0.05) is 36.8 Å². The summed E-state index contributed by atoms with van der Waals surface area (Å²) in [7, 11) is -3.71. The highest BCUT2D eigenvalue weighted by molar-refractivity contribution is 7.92. The minimum absolute atomic E-state index is 0.00130. The van der Waals surface area contributed by atoms with Gasteiger partial charge in [0.05, 0.1) is 21.1 Å². The van der Waals surface area contributed by atoms with Crippen molar-refractivity contribution in [3.63, 3.8) is 0 Å². The Morgan fingerprint density at radius 1 is 1.08 bits per heavy atom. The van der Waals surface area contributed by atoms with Gasteiger partial charge in [-0.05, 0) is 66.9 Å². The smallest absolute Gasteiger partial charge is 0.338 e. The van der Waals surface area contributed by atoms with Crippen LogP contribution in [-0.4, -0.2) is 32.5 Å². The highest BCUT2D eigenvalue weighted by atomic mass is 32.2. The first kappa shape index (κ1) is 25.1. The lowest BCUT2D eigenvalue weighted by Gasteiger charge is -2.20. The fraction of sp³-hybridized carbons (Fsp3) is 0.222. The summed E-state index contributed by atoms with van der Waals surface area (Å²) in [5.41, 5.74) is 4.56. The van der Waals surface area contributed by atoms with Crippen LogP contribution in [0.3, 0.4) is 0 Å². The molecule has 1 aliphatic heterocycles. The van der Waals surface area contributed by atoms with Gasteiger partial charge in [-0.2, -0.15) is 0 Å². The molecular weight excluding hydrogens is 480 g/mol. The molecule has 0 saturated heterocycles. The summed E-state index contributed by atoms with van der Waals surface area (Å²) in [6.45, 7) is 6.19. The van der Waals surface area contributed by atoms with Crippen molar-refractivity contribution in [1.29, 1.82) is 0 Å². The number of sulfonamides is 1. The van der Waals surface area contributed by atoms with Gasteiger partial charge in [-0.3, -0.25) is 14.4 Å². The number of hydrogen-bond acceptors (Lipinski definition) is 6. The molecule has 3 aromatic carbocycles. The lowest BCUT2D eigenvalue weighted by atomic mass is 9.93. The van der Waals surface area contributed by atoms with Crippen molar-refractivity contribution in [2.45, 2.75) is 31.6 Å². The average Bonchev–Trinajstić information content (AvgIpc) is 3.20. The lowest BCUT2D eigenvalue weighted by molar-refractivity contribution is -0.384. The van der Waals surface area contributed by atoms with Crippen LogP contribution in [0.2, 0.25) is 0 Å². The minimum atomic E-state index is -3.71. The monoisotopic (exact) mass is 506 g/mol. The zero-order valence-corrected chi connectivity index (χ0v) is 21.0. The van der Waals surface area contributed by atoms with Crippen LogP contribution in [0.1, 0.15) is 45.5 Å². The summed E-state index contributed by atoms with van der Waals surface area (Å²) in [4.78, 5) is 22.7. The molecule has 0 aromatic heterocycles. The fourth-order valence-corrected chi connectivity index (χ4v) is 5.86. The van der Waals surface area contributed by atoms with Gasteiger partial charge < -0.3 is 4.74 Å². The number of carbonyl (C=O) groups is 1. The molecule has 9 heteroatoms. The first-order valence-corrected chi connectivity index (χ1v) is 12.8. The molecule has 36 heavy (non-hydrogen) atoms. The van der Waals surface area contributed by atoms with E-state index in [0.717, 1.165) is 22.3 Å². The van der Waals surface area contributed by atoms with Crippen molar-refractivity contribution in [3.8, 4) is 0 Å². The topological polar surface area (TPSA) is 107 Å². The zero-order valence-electron chi connectivity index (χ0n) is 20.2. The quantitative estimate of drug-likeness (QED) is 0.241. The minimum Gasteiger partial charge on any atom is -0.458 e. The molecule has 1 heterocycles. The molecular formula is C27H26N2O6S. The van der Waals surface area contributed by atoms with Gasteiger partial charge in [0.15, 0.2) is 0 Å². The Balaban J connectivity index is 1.53. The number of hydrogen-bond donors (Lipinski definition) is 0. The van der Waals surface area contributed by atoms with Gasteiger partial charge in [0.1, 0.15) is 6.61 Å². The highest BCUT2D eigenvalue weighted by Crippen LogP contribution is 2.42. The van der Waals surface area contributed by atoms with E-state index in [1.165, 1.54) is 28.6 Å². The molecule has 3 aromatic rings. The summed E-state index contributed by atoms with van der Waals surface area (Å²) < 4.78 is 33.5. The number of nitrogens with zero attached hydrogens (tertiary/aromatic N) is 2. The Kier molecular flexibility index (Phi) is 6.94. The molecule has 186 valence electrons. The molecule has 0 bridgehead atoms. The van der Waals surface area contributed by atoms with Gasteiger partial charge in [-0.25, -0.2) is 13.2 Å². The number of esters is 1. The molecule has 0 amide bonds. The summed E-state index contributed by atoms with van der Waals surface area (Å²) >= 11 is 0. The van der Waals surface area contributed by atoms with Crippen molar-refractivity contribution >= 4 is 33.4 Å². The van der Waals surface area contributed by atoms with Crippen molar-refractivity contribution in [2.75, 3.05) is 17.5 Å². The highest BCUT2D eigenvalue weighted by Gasteiger charge is 2.36. The molecule has 1 aliphatic rings. The van der Waals surface area contributed by atoms with E-state index < -0.39 is 20.9 Å². The van der Waals surface area contributed by atoms with Crippen LogP contribution in [0.5, 0.6) is 0 Å². The lowest BCUT2D eigenvalue weighted by Crippen LogP contribution is -2.29. The number of carbonyl (C=O) groups excluding carboxylic acids is 1. The molecule has 0 fully saturated rings. The number of benzene rings is 3. The maximum absolute atomic E-state index is 13.4. The number of rotatable bonds is 7. The van der Waals surface area contributed by atoms with Crippen LogP contribution >= 0.6 is 0 Å². The van der Waals surface area contributed by atoms with E-state index in [0.29, 0.717) is 12.2 Å². The molecule has 0 saturated carbocycles. The molecule has 1 atom stereocenters. The van der Waals surface area contributed by atoms with Crippen LogP contribution in [0.15, 0.2) is 71.6 Å². The van der Waals surface area contributed by atoms with Crippen molar-refractivity contribution in [1.82, 2.24) is 0 Å². The maximum Gasteiger partial charge on any atom is 0.338 e. The Hall–Kier alpha value is -3.98. The Bertz CT molecular complexity index is 1440. The van der Waals surface area contributed by atoms with E-state index in [-0.39, 0.29) is 28.7 Å². The van der Waals surface area contributed by atoms with Gasteiger partial charge in [-0.15, -0.1) is 0 Å². The maximum atomic E-state index is 13.4. The number of nitro benzene ring substituents is 1. The number of aryl methyl sites for hydroxylation is 2. The van der Waals surface area contributed by atoms with E-state index in [1.807, 2.05) is 39.0 Å². The molecule has 0 radical (unpaired) electrons. The van der Waals surface area contributed by atoms with E-state index in [1.54, 1.807) is 30.3 Å². The van der Waals surface area contributed by atoms with Gasteiger partial charge in [0, 0.05) is 24.6 Å². The van der Waals surface area contributed by atoms with Gasteiger partial charge >= 0.3 is 5.97 Å². The van der Waals surface area contributed by atoms with Crippen molar-refractivity contribution in [2.24, 2.45) is 0 Å². The first-order valence-electron chi connectivity index (χ1n) is 11.4. The number of anilines is 1. The number of non-ortho nitro benzene ring substituents is 1. The Morgan fingerprint density at radius 3 is 2.39 bits per heavy atom. The predicted octanol–water partition coefficient (Wildman–Crippen LogP) is 5.39. The van der Waals surface area contributed by atoms with Crippen LogP contribution in [0.25, 0.3) is 6.08 Å². The second-order valence-electron chi connectivity index (χ2n) is 8.78. The van der Waals surface area contributed by atoms with Gasteiger partial charge in [0.25, 0.3) is 15.7 Å². The standard InChI is InChI=1S/C27H26N2O6S/c1-18-6-13-23(14-7-18)36(33,34)28-17-20(3)26-24(19(2)8-15-25(26)28)5-4-16-35-27(30)21-9-11-22(12-10-21)29(31)32/h4-15,20H,16-17H2,1-3H3/b5-4+/t20-/m0/s1. The second kappa shape index (κ2) is 9.94. The Labute approximate surface area is 210 Å². The fourth-order valence-electron chi connectivity index (χ4n) is 4.29. The van der Waals surface area contributed by atoms with E-state index in [2.05, 4.69) is 0 Å². The molecule has 4 rings (SSSR count). The number of ether oxygens (including phenoxy) is 1. The van der Waals surface area contributed by atoms with Crippen LogP contribution in [0, 0.1) is 24.0 Å². The zero-order chi connectivity index (χ0) is 26.0. The van der Waals surface area contributed by atoms with E-state index in [4.69, 9.17) is 4.74 Å². The molecule has 0 N–H and O–H groups in total. The molecule has 8 nitrogen and oxygen atoms in total. The second-order valence-corrected chi connectivity index (χ2v) is 10.6. The van der Waals surface area contributed by atoms with Crippen LogP contribution in [0.4, 0.5) is 11.4 Å². The van der Waals surface area contributed by atoms with Crippen molar-refractivity contribution < 1.29 is 22.9 Å². The molecule has 0 aliphatic carbocycles. The van der Waals surface area contributed by atoms with E-state index in [9.17, 15) is 23.3 Å². The summed E-state index contributed by atoms with van der Waals surface area (Å²) in [6, 6.07) is 15.8. The Morgan fingerprint density at radius 2 is 1.75 bits per heavy atom. The van der Waals surface area contributed by atoms with Crippen molar-refractivity contribution in [3.05, 3.63) is 105 Å². The van der Waals surface area contributed by atoms with E-state index >= 15 is 0 Å². The van der Waals surface area contributed by atoms with Crippen LogP contribution in [-0.2, 0) is 14.8 Å². The summed E-state index contributed by atoms with van der Waals surface area (Å²) in [6.07, 6.45) is 3.55. The third kappa shape index (κ3) is 4.87. The third-order valence-corrected chi connectivity index (χ3v) is 8.00. The third-order valence-electron chi connectivity index (χ3n) is 6.20. The predicted molar refractivity (Wildman–Crippen MR) is 138 cm³/mol. The first-order chi connectivity index (χ1) is 17.1. The van der Waals surface area contributed by atoms with Gasteiger partial charge in [0.2, 0.25) is 0 Å². The average molecular weight is 507 g/mol. The number of fused-ring (bicyclic) bond motifs is 1. The summed E-state index contributed by atoms with van der Waals surface area (Å²) in [5.74, 6) is -0.615. The van der Waals surface area contributed by atoms with Crippen LogP contribution < -0.4 is 4.31 Å². The largest absolute Gasteiger partial charge is 0.458 e. The summed E-state index contributed by atoms with van der Waals surface area (Å²) in [5, 5.41) is 10.8. The number of nitro groups is 1. The normalized spacial score (nSPS) is 15.2. The SMILES string of the molecule is Cc1ccc(S(=O)(=O)N2C[C@H](C)c3c2ccc(C)c3/C=C/COC(=O)c2ccc([N+](=O)[O-])cc2)cc1.